The van der Waals surface area contributed by atoms with Gasteiger partial charge in [-0.3, -0.25) is 0 Å². The zero-order valence-electron chi connectivity index (χ0n) is 11.9. The minimum Gasteiger partial charge on any atom is -0.369 e. The first-order valence-corrected chi connectivity index (χ1v) is 6.79. The minimum atomic E-state index is -0.217. The summed E-state index contributed by atoms with van der Waals surface area (Å²) < 4.78 is 19.5. The molecule has 20 heavy (non-hydrogen) atoms. The predicted octanol–water partition coefficient (Wildman–Crippen LogP) is 3.82. The summed E-state index contributed by atoms with van der Waals surface area (Å²) in [6.45, 7) is 2.98. The first-order chi connectivity index (χ1) is 9.70. The van der Waals surface area contributed by atoms with E-state index in [4.69, 9.17) is 4.74 Å². The van der Waals surface area contributed by atoms with Crippen LogP contribution in [-0.4, -0.2) is 7.05 Å². The van der Waals surface area contributed by atoms with Crippen molar-refractivity contribution in [3.05, 3.63) is 71.0 Å². The van der Waals surface area contributed by atoms with E-state index in [1.165, 1.54) is 6.07 Å². The Morgan fingerprint density at radius 1 is 1.15 bits per heavy atom. The molecular weight excluding hydrogens is 253 g/mol. The summed E-state index contributed by atoms with van der Waals surface area (Å²) >= 11 is 0. The van der Waals surface area contributed by atoms with Gasteiger partial charge in [-0.25, -0.2) is 4.39 Å². The maximum atomic E-state index is 13.8. The van der Waals surface area contributed by atoms with Gasteiger partial charge < -0.3 is 10.1 Å². The summed E-state index contributed by atoms with van der Waals surface area (Å²) in [5.41, 5.74) is 2.75. The van der Waals surface area contributed by atoms with E-state index in [2.05, 4.69) is 5.32 Å². The molecule has 0 radical (unpaired) electrons. The van der Waals surface area contributed by atoms with E-state index >= 15 is 0 Å². The number of rotatable bonds is 6. The third-order valence-electron chi connectivity index (χ3n) is 3.25. The number of benzene rings is 2. The normalized spacial score (nSPS) is 12.3. The zero-order valence-corrected chi connectivity index (χ0v) is 11.9. The second kappa shape index (κ2) is 7.17. The van der Waals surface area contributed by atoms with Gasteiger partial charge in [0.05, 0.1) is 12.7 Å². The second-order valence-corrected chi connectivity index (χ2v) is 4.82. The highest BCUT2D eigenvalue weighted by Gasteiger charge is 2.08. The third-order valence-corrected chi connectivity index (χ3v) is 3.25. The minimum absolute atomic E-state index is 0.0523. The molecule has 0 saturated carbocycles. The van der Waals surface area contributed by atoms with Crippen LogP contribution in [0.3, 0.4) is 0 Å². The van der Waals surface area contributed by atoms with E-state index in [0.717, 1.165) is 17.7 Å². The Morgan fingerprint density at radius 3 is 2.60 bits per heavy atom. The molecule has 0 saturated heterocycles. The fourth-order valence-corrected chi connectivity index (χ4v) is 2.09. The molecule has 3 heteroatoms. The first kappa shape index (κ1) is 14.7. The van der Waals surface area contributed by atoms with Gasteiger partial charge in [-0.05, 0) is 37.2 Å². The maximum Gasteiger partial charge on any atom is 0.128 e. The fourth-order valence-electron chi connectivity index (χ4n) is 2.09. The molecule has 0 aromatic heterocycles. The van der Waals surface area contributed by atoms with Gasteiger partial charge in [0.2, 0.25) is 0 Å². The standard InChI is InChI=1S/C17H20FNO/c1-13(15-6-4-3-5-7-15)20-12-16-10-14(11-19-2)8-9-17(16)18/h3-10,13,19H,11-12H2,1-2H3. The molecule has 106 valence electrons. The van der Waals surface area contributed by atoms with Crippen molar-refractivity contribution in [1.29, 1.82) is 0 Å². The van der Waals surface area contributed by atoms with Crippen LogP contribution in [0.5, 0.6) is 0 Å². The van der Waals surface area contributed by atoms with Crippen LogP contribution < -0.4 is 5.32 Å². The molecule has 2 aromatic rings. The molecule has 1 N–H and O–H groups in total. The van der Waals surface area contributed by atoms with Crippen LogP contribution >= 0.6 is 0 Å². The quantitative estimate of drug-likeness (QED) is 0.864. The largest absolute Gasteiger partial charge is 0.369 e. The molecule has 2 rings (SSSR count). The third kappa shape index (κ3) is 3.89. The first-order valence-electron chi connectivity index (χ1n) is 6.79. The van der Waals surface area contributed by atoms with Crippen LogP contribution in [0.1, 0.15) is 29.7 Å². The van der Waals surface area contributed by atoms with E-state index in [-0.39, 0.29) is 18.5 Å². The van der Waals surface area contributed by atoms with Crippen LogP contribution in [0.4, 0.5) is 4.39 Å². The van der Waals surface area contributed by atoms with E-state index in [1.807, 2.05) is 50.4 Å². The van der Waals surface area contributed by atoms with Gasteiger partial charge in [-0.2, -0.15) is 0 Å². The summed E-state index contributed by atoms with van der Waals surface area (Å²) in [7, 11) is 1.87. The van der Waals surface area contributed by atoms with Crippen molar-refractivity contribution in [1.82, 2.24) is 5.32 Å². The molecule has 0 amide bonds. The number of nitrogens with one attached hydrogen (secondary N) is 1. The summed E-state index contributed by atoms with van der Waals surface area (Å²) in [4.78, 5) is 0. The molecule has 0 heterocycles. The molecule has 0 aliphatic heterocycles. The highest BCUT2D eigenvalue weighted by molar-refractivity contribution is 5.25. The molecule has 0 bridgehead atoms. The Balaban J connectivity index is 2.01. The van der Waals surface area contributed by atoms with Gasteiger partial charge in [0, 0.05) is 12.1 Å². The van der Waals surface area contributed by atoms with Crippen molar-refractivity contribution < 1.29 is 9.13 Å². The number of hydrogen-bond acceptors (Lipinski definition) is 2. The van der Waals surface area contributed by atoms with Crippen molar-refractivity contribution in [3.63, 3.8) is 0 Å². The molecule has 1 unspecified atom stereocenters. The van der Waals surface area contributed by atoms with Crippen molar-refractivity contribution in [3.8, 4) is 0 Å². The van der Waals surface area contributed by atoms with Crippen LogP contribution in [0.15, 0.2) is 48.5 Å². The van der Waals surface area contributed by atoms with Gasteiger partial charge in [0.1, 0.15) is 5.82 Å². The molecule has 0 aliphatic rings. The summed E-state index contributed by atoms with van der Waals surface area (Å²) in [5, 5.41) is 3.06. The van der Waals surface area contributed by atoms with Gasteiger partial charge in [0.15, 0.2) is 0 Å². The Kier molecular flexibility index (Phi) is 5.27. The van der Waals surface area contributed by atoms with Crippen LogP contribution in [0, 0.1) is 5.82 Å². The summed E-state index contributed by atoms with van der Waals surface area (Å²) in [6, 6.07) is 15.1. The number of halogens is 1. The predicted molar refractivity (Wildman–Crippen MR) is 78.8 cm³/mol. The summed E-state index contributed by atoms with van der Waals surface area (Å²) in [5.74, 6) is -0.217. The van der Waals surface area contributed by atoms with Gasteiger partial charge in [-0.1, -0.05) is 36.4 Å². The molecular formula is C17H20FNO. The lowest BCUT2D eigenvalue weighted by Crippen LogP contribution is -2.07. The van der Waals surface area contributed by atoms with E-state index < -0.39 is 0 Å². The average Bonchev–Trinajstić information content (AvgIpc) is 2.48. The van der Waals surface area contributed by atoms with Crippen LogP contribution in [-0.2, 0) is 17.9 Å². The zero-order chi connectivity index (χ0) is 14.4. The van der Waals surface area contributed by atoms with Crippen molar-refractivity contribution >= 4 is 0 Å². The fraction of sp³-hybridized carbons (Fsp3) is 0.294. The topological polar surface area (TPSA) is 21.3 Å². The van der Waals surface area contributed by atoms with Gasteiger partial charge in [0.25, 0.3) is 0 Å². The summed E-state index contributed by atoms with van der Waals surface area (Å²) in [6.07, 6.45) is -0.0523. The molecule has 0 aliphatic carbocycles. The molecule has 0 fully saturated rings. The number of hydrogen-bond donors (Lipinski definition) is 1. The van der Waals surface area contributed by atoms with Gasteiger partial charge >= 0.3 is 0 Å². The molecule has 1 atom stereocenters. The Bertz CT molecular complexity index is 542. The molecule has 2 aromatic carbocycles. The van der Waals surface area contributed by atoms with E-state index in [9.17, 15) is 4.39 Å². The van der Waals surface area contributed by atoms with E-state index in [0.29, 0.717) is 5.56 Å². The molecule has 2 nitrogen and oxygen atoms in total. The monoisotopic (exact) mass is 273 g/mol. The van der Waals surface area contributed by atoms with Crippen molar-refractivity contribution in [2.24, 2.45) is 0 Å². The lowest BCUT2D eigenvalue weighted by Gasteiger charge is -2.14. The maximum absolute atomic E-state index is 13.8. The SMILES string of the molecule is CNCc1ccc(F)c(COC(C)c2ccccc2)c1. The van der Waals surface area contributed by atoms with Crippen LogP contribution in [0.25, 0.3) is 0 Å². The molecule has 0 spiro atoms. The van der Waals surface area contributed by atoms with E-state index in [1.54, 1.807) is 6.07 Å². The Labute approximate surface area is 119 Å². The van der Waals surface area contributed by atoms with Crippen molar-refractivity contribution in [2.75, 3.05) is 7.05 Å². The smallest absolute Gasteiger partial charge is 0.128 e. The van der Waals surface area contributed by atoms with Crippen LogP contribution in [0.2, 0.25) is 0 Å². The van der Waals surface area contributed by atoms with Crippen molar-refractivity contribution in [2.45, 2.75) is 26.2 Å². The lowest BCUT2D eigenvalue weighted by atomic mass is 10.1. The highest BCUT2D eigenvalue weighted by Crippen LogP contribution is 2.19. The second-order valence-electron chi connectivity index (χ2n) is 4.82. The lowest BCUT2D eigenvalue weighted by molar-refractivity contribution is 0.0508. The van der Waals surface area contributed by atoms with Gasteiger partial charge in [-0.15, -0.1) is 0 Å². The average molecular weight is 273 g/mol. The number of ether oxygens (including phenoxy) is 1. The highest BCUT2D eigenvalue weighted by atomic mass is 19.1. The Morgan fingerprint density at radius 2 is 1.90 bits per heavy atom. The Hall–Kier alpha value is -1.71.